The van der Waals surface area contributed by atoms with Crippen LogP contribution in [0.3, 0.4) is 0 Å². The maximum absolute atomic E-state index is 5.00. The summed E-state index contributed by atoms with van der Waals surface area (Å²) in [6, 6.07) is 6.14. The number of hydrogen-bond donors (Lipinski definition) is 0. The van der Waals surface area contributed by atoms with E-state index in [-0.39, 0.29) is 0 Å². The minimum atomic E-state index is 0.741. The Balaban J connectivity index is 2.56. The highest BCUT2D eigenvalue weighted by Gasteiger charge is 1.96. The largest absolute Gasteiger partial charge is 0.384 e. The lowest BCUT2D eigenvalue weighted by Gasteiger charge is -2.02. The van der Waals surface area contributed by atoms with Gasteiger partial charge in [0, 0.05) is 30.2 Å². The lowest BCUT2D eigenvalue weighted by atomic mass is 10.2. The normalized spacial score (nSPS) is 10.3. The summed E-state index contributed by atoms with van der Waals surface area (Å²) in [5.74, 6) is 0. The molecule has 0 bridgehead atoms. The van der Waals surface area contributed by atoms with Crippen molar-refractivity contribution in [2.75, 3.05) is 19.0 Å². The summed E-state index contributed by atoms with van der Waals surface area (Å²) in [5, 5.41) is 0.966. The van der Waals surface area contributed by atoms with E-state index < -0.39 is 0 Å². The Bertz CT molecular complexity index is 252. The van der Waals surface area contributed by atoms with Crippen LogP contribution in [0.15, 0.2) is 18.2 Å². The molecule has 0 saturated carbocycles. The number of methoxy groups -OCH3 is 1. The summed E-state index contributed by atoms with van der Waals surface area (Å²) in [6.07, 6.45) is 1.88. The summed E-state index contributed by atoms with van der Waals surface area (Å²) < 4.78 is 5.00. The van der Waals surface area contributed by atoms with E-state index >= 15 is 0 Å². The number of rotatable bonds is 5. The van der Waals surface area contributed by atoms with Crippen molar-refractivity contribution < 1.29 is 4.74 Å². The van der Waals surface area contributed by atoms with E-state index in [0.717, 1.165) is 36.2 Å². The SMILES string of the molecule is COCCc1cccc(CCBr)n1. The first kappa shape index (κ1) is 10.7. The van der Waals surface area contributed by atoms with E-state index in [9.17, 15) is 0 Å². The molecule has 0 radical (unpaired) electrons. The number of halogens is 1. The van der Waals surface area contributed by atoms with Gasteiger partial charge in [0.05, 0.1) is 6.61 Å². The minimum absolute atomic E-state index is 0.741. The molecule has 3 heteroatoms. The predicted molar refractivity (Wildman–Crippen MR) is 57.3 cm³/mol. The van der Waals surface area contributed by atoms with E-state index in [2.05, 4.69) is 33.0 Å². The molecule has 0 unspecified atom stereocenters. The van der Waals surface area contributed by atoms with Crippen LogP contribution in [0.1, 0.15) is 11.4 Å². The monoisotopic (exact) mass is 243 g/mol. The second-order valence-electron chi connectivity index (χ2n) is 2.80. The number of aryl methyl sites for hydroxylation is 1. The zero-order chi connectivity index (χ0) is 9.52. The Morgan fingerprint density at radius 2 is 2.00 bits per heavy atom. The van der Waals surface area contributed by atoms with Gasteiger partial charge in [0.15, 0.2) is 0 Å². The van der Waals surface area contributed by atoms with Gasteiger partial charge in [0.1, 0.15) is 0 Å². The quantitative estimate of drug-likeness (QED) is 0.741. The molecule has 0 fully saturated rings. The van der Waals surface area contributed by atoms with E-state index in [4.69, 9.17) is 4.74 Å². The minimum Gasteiger partial charge on any atom is -0.384 e. The topological polar surface area (TPSA) is 22.1 Å². The molecule has 0 aliphatic rings. The van der Waals surface area contributed by atoms with Crippen LogP contribution in [-0.2, 0) is 17.6 Å². The first-order valence-electron chi connectivity index (χ1n) is 4.36. The fourth-order valence-electron chi connectivity index (χ4n) is 1.11. The van der Waals surface area contributed by atoms with Crippen LogP contribution in [0.25, 0.3) is 0 Å². The molecule has 1 aromatic heterocycles. The van der Waals surface area contributed by atoms with Crippen LogP contribution in [0, 0.1) is 0 Å². The Labute approximate surface area is 87.5 Å². The van der Waals surface area contributed by atoms with Crippen LogP contribution < -0.4 is 0 Å². The maximum atomic E-state index is 5.00. The number of alkyl halides is 1. The van der Waals surface area contributed by atoms with E-state index in [1.807, 2.05) is 6.07 Å². The molecule has 0 atom stereocenters. The van der Waals surface area contributed by atoms with Crippen molar-refractivity contribution >= 4 is 15.9 Å². The molecule has 1 heterocycles. The smallest absolute Gasteiger partial charge is 0.0517 e. The van der Waals surface area contributed by atoms with Crippen molar-refractivity contribution in [2.45, 2.75) is 12.8 Å². The highest BCUT2D eigenvalue weighted by molar-refractivity contribution is 9.09. The van der Waals surface area contributed by atoms with E-state index in [1.165, 1.54) is 0 Å². The summed E-state index contributed by atoms with van der Waals surface area (Å²) >= 11 is 3.40. The van der Waals surface area contributed by atoms with Gasteiger partial charge in [-0.15, -0.1) is 0 Å². The molecule has 0 aromatic carbocycles. The van der Waals surface area contributed by atoms with Crippen LogP contribution >= 0.6 is 15.9 Å². The molecule has 1 aromatic rings. The van der Waals surface area contributed by atoms with Gasteiger partial charge in [-0.1, -0.05) is 22.0 Å². The van der Waals surface area contributed by atoms with Gasteiger partial charge >= 0.3 is 0 Å². The Morgan fingerprint density at radius 1 is 1.31 bits per heavy atom. The maximum Gasteiger partial charge on any atom is 0.0517 e. The summed E-state index contributed by atoms with van der Waals surface area (Å²) in [7, 11) is 1.71. The van der Waals surface area contributed by atoms with Crippen LogP contribution in [-0.4, -0.2) is 24.0 Å². The summed E-state index contributed by atoms with van der Waals surface area (Å²) in [5.41, 5.74) is 2.26. The van der Waals surface area contributed by atoms with Gasteiger partial charge in [-0.2, -0.15) is 0 Å². The van der Waals surface area contributed by atoms with Crippen molar-refractivity contribution in [1.82, 2.24) is 4.98 Å². The van der Waals surface area contributed by atoms with Crippen LogP contribution in [0.2, 0.25) is 0 Å². The van der Waals surface area contributed by atoms with Crippen LogP contribution in [0.4, 0.5) is 0 Å². The standard InChI is InChI=1S/C10H14BrNO/c1-13-8-6-10-4-2-3-9(12-10)5-7-11/h2-4H,5-8H2,1H3. The van der Waals surface area contributed by atoms with E-state index in [1.54, 1.807) is 7.11 Å². The van der Waals surface area contributed by atoms with Gasteiger partial charge in [0.25, 0.3) is 0 Å². The van der Waals surface area contributed by atoms with Crippen LogP contribution in [0.5, 0.6) is 0 Å². The Hall–Kier alpha value is -0.410. The molecular weight excluding hydrogens is 230 g/mol. The van der Waals surface area contributed by atoms with Crippen molar-refractivity contribution in [3.63, 3.8) is 0 Å². The fourth-order valence-corrected chi connectivity index (χ4v) is 1.52. The van der Waals surface area contributed by atoms with Gasteiger partial charge < -0.3 is 4.74 Å². The number of pyridine rings is 1. The lowest BCUT2D eigenvalue weighted by Crippen LogP contribution is -2.00. The zero-order valence-electron chi connectivity index (χ0n) is 7.79. The number of ether oxygens (including phenoxy) is 1. The Kier molecular flexibility index (Phi) is 5.01. The van der Waals surface area contributed by atoms with Crippen molar-refractivity contribution in [1.29, 1.82) is 0 Å². The third kappa shape index (κ3) is 3.87. The van der Waals surface area contributed by atoms with Gasteiger partial charge in [-0.25, -0.2) is 0 Å². The highest BCUT2D eigenvalue weighted by atomic mass is 79.9. The third-order valence-electron chi connectivity index (χ3n) is 1.78. The molecule has 0 amide bonds. The molecular formula is C10H14BrNO. The molecule has 0 aliphatic heterocycles. The predicted octanol–water partition coefficient (Wildman–Crippen LogP) is 2.21. The molecule has 0 spiro atoms. The molecule has 0 aliphatic carbocycles. The number of hydrogen-bond acceptors (Lipinski definition) is 2. The first-order valence-corrected chi connectivity index (χ1v) is 5.48. The van der Waals surface area contributed by atoms with Crippen molar-refractivity contribution in [2.24, 2.45) is 0 Å². The second-order valence-corrected chi connectivity index (χ2v) is 3.60. The molecule has 0 saturated heterocycles. The second kappa shape index (κ2) is 6.11. The molecule has 13 heavy (non-hydrogen) atoms. The lowest BCUT2D eigenvalue weighted by molar-refractivity contribution is 0.201. The fraction of sp³-hybridized carbons (Fsp3) is 0.500. The Morgan fingerprint density at radius 3 is 2.62 bits per heavy atom. The highest BCUT2D eigenvalue weighted by Crippen LogP contribution is 2.02. The third-order valence-corrected chi connectivity index (χ3v) is 2.17. The van der Waals surface area contributed by atoms with Crippen molar-refractivity contribution in [3.8, 4) is 0 Å². The molecule has 0 N–H and O–H groups in total. The van der Waals surface area contributed by atoms with Gasteiger partial charge in [-0.3, -0.25) is 4.98 Å². The summed E-state index contributed by atoms with van der Waals surface area (Å²) in [4.78, 5) is 4.49. The van der Waals surface area contributed by atoms with Crippen molar-refractivity contribution in [3.05, 3.63) is 29.6 Å². The van der Waals surface area contributed by atoms with E-state index in [0.29, 0.717) is 0 Å². The number of aromatic nitrogens is 1. The zero-order valence-corrected chi connectivity index (χ0v) is 9.38. The first-order chi connectivity index (χ1) is 6.36. The van der Waals surface area contributed by atoms with Gasteiger partial charge in [0.2, 0.25) is 0 Å². The van der Waals surface area contributed by atoms with Gasteiger partial charge in [-0.05, 0) is 18.6 Å². The summed E-state index contributed by atoms with van der Waals surface area (Å²) in [6.45, 7) is 0.741. The molecule has 2 nitrogen and oxygen atoms in total. The molecule has 1 rings (SSSR count). The average molecular weight is 244 g/mol. The molecule has 72 valence electrons. The number of nitrogens with zero attached hydrogens (tertiary/aromatic N) is 1. The average Bonchev–Trinajstić information content (AvgIpc) is 2.16.